The minimum absolute atomic E-state index is 0.0629. The maximum absolute atomic E-state index is 12.4. The average molecular weight is 436 g/mol. The Kier molecular flexibility index (Phi) is 6.13. The highest BCUT2D eigenvalue weighted by atomic mass is 32.1. The van der Waals surface area contributed by atoms with Crippen LogP contribution in [0.4, 0.5) is 5.69 Å². The van der Waals surface area contributed by atoms with Crippen molar-refractivity contribution >= 4 is 34.4 Å². The van der Waals surface area contributed by atoms with Crippen LogP contribution in [0.5, 0.6) is 0 Å². The molecule has 2 aliphatic rings. The van der Waals surface area contributed by atoms with Crippen LogP contribution in [0.2, 0.25) is 0 Å². The first-order valence-corrected chi connectivity index (χ1v) is 12.1. The minimum atomic E-state index is 0.0629. The average Bonchev–Trinajstić information content (AvgIpc) is 3.50. The Balaban J connectivity index is 1.10. The fourth-order valence-electron chi connectivity index (χ4n) is 4.70. The van der Waals surface area contributed by atoms with Crippen molar-refractivity contribution < 1.29 is 4.79 Å². The molecule has 0 bridgehead atoms. The lowest BCUT2D eigenvalue weighted by molar-refractivity contribution is 0.0938. The highest BCUT2D eigenvalue weighted by molar-refractivity contribution is 7.00. The lowest BCUT2D eigenvalue weighted by Crippen LogP contribution is -2.42. The molecule has 2 fully saturated rings. The van der Waals surface area contributed by atoms with E-state index >= 15 is 0 Å². The first-order valence-electron chi connectivity index (χ1n) is 11.3. The number of nitrogens with zero attached hydrogens (tertiary/aromatic N) is 3. The standard InChI is InChI=1S/C24H29N5OS/c30-24(26-20-3-1-2-4-20)18-6-8-21(9-7-18)29-13-11-19(12-14-29)25-16-17-5-10-22-23(15-17)28-31-27-22/h5-10,15,19-20,25H,1-4,11-14,16H2,(H,26,30). The lowest BCUT2D eigenvalue weighted by Gasteiger charge is -2.34. The second-order valence-corrected chi connectivity index (χ2v) is 9.26. The van der Waals surface area contributed by atoms with E-state index in [-0.39, 0.29) is 5.91 Å². The van der Waals surface area contributed by atoms with Gasteiger partial charge in [0.1, 0.15) is 11.0 Å². The molecule has 1 aliphatic heterocycles. The van der Waals surface area contributed by atoms with Gasteiger partial charge in [0.25, 0.3) is 5.91 Å². The molecule has 0 unspecified atom stereocenters. The van der Waals surface area contributed by atoms with E-state index in [1.807, 2.05) is 12.1 Å². The first-order chi connectivity index (χ1) is 15.2. The third kappa shape index (κ3) is 4.88. The van der Waals surface area contributed by atoms with Crippen molar-refractivity contribution in [3.63, 3.8) is 0 Å². The summed E-state index contributed by atoms with van der Waals surface area (Å²) in [5, 5.41) is 6.87. The van der Waals surface area contributed by atoms with Crippen LogP contribution in [0.1, 0.15) is 54.4 Å². The SMILES string of the molecule is O=C(NC1CCCC1)c1ccc(N2CCC(NCc3ccc4nsnc4c3)CC2)cc1. The predicted molar refractivity (Wildman–Crippen MR) is 126 cm³/mol. The Morgan fingerprint density at radius 2 is 1.68 bits per heavy atom. The zero-order valence-corrected chi connectivity index (χ0v) is 18.5. The van der Waals surface area contributed by atoms with Crippen LogP contribution >= 0.6 is 11.7 Å². The number of hydrogen-bond donors (Lipinski definition) is 2. The van der Waals surface area contributed by atoms with Crippen molar-refractivity contribution in [3.05, 3.63) is 53.6 Å². The molecule has 2 N–H and O–H groups in total. The van der Waals surface area contributed by atoms with Crippen LogP contribution in [-0.4, -0.2) is 39.8 Å². The van der Waals surface area contributed by atoms with Crippen LogP contribution in [0.15, 0.2) is 42.5 Å². The molecule has 3 aromatic rings. The van der Waals surface area contributed by atoms with E-state index in [9.17, 15) is 4.79 Å². The number of anilines is 1. The van der Waals surface area contributed by atoms with Gasteiger partial charge in [-0.2, -0.15) is 8.75 Å². The quantitative estimate of drug-likeness (QED) is 0.609. The third-order valence-electron chi connectivity index (χ3n) is 6.59. The summed E-state index contributed by atoms with van der Waals surface area (Å²) in [6, 6.07) is 15.3. The topological polar surface area (TPSA) is 70.2 Å². The molecule has 1 aliphatic carbocycles. The van der Waals surface area contributed by atoms with Crippen molar-refractivity contribution in [2.45, 2.75) is 57.2 Å². The normalized spacial score (nSPS) is 18.0. The summed E-state index contributed by atoms with van der Waals surface area (Å²) in [6.45, 7) is 2.92. The van der Waals surface area contributed by atoms with Crippen molar-refractivity contribution in [3.8, 4) is 0 Å². The molecule has 6 nitrogen and oxygen atoms in total. The van der Waals surface area contributed by atoms with Crippen LogP contribution in [-0.2, 0) is 6.54 Å². The summed E-state index contributed by atoms with van der Waals surface area (Å²) in [7, 11) is 0. The molecule has 1 amide bonds. The minimum Gasteiger partial charge on any atom is -0.371 e. The van der Waals surface area contributed by atoms with Gasteiger partial charge in [-0.05, 0) is 67.6 Å². The number of carbonyl (C=O) groups excluding carboxylic acids is 1. The molecule has 7 heteroatoms. The number of amides is 1. The molecule has 0 radical (unpaired) electrons. The summed E-state index contributed by atoms with van der Waals surface area (Å²) < 4.78 is 8.60. The number of nitrogens with one attached hydrogen (secondary N) is 2. The second kappa shape index (κ2) is 9.32. The maximum atomic E-state index is 12.4. The van der Waals surface area contributed by atoms with E-state index in [4.69, 9.17) is 0 Å². The Morgan fingerprint density at radius 1 is 0.935 bits per heavy atom. The van der Waals surface area contributed by atoms with Gasteiger partial charge in [-0.15, -0.1) is 0 Å². The van der Waals surface area contributed by atoms with Gasteiger partial charge in [0.15, 0.2) is 0 Å². The van der Waals surface area contributed by atoms with E-state index in [0.29, 0.717) is 12.1 Å². The van der Waals surface area contributed by atoms with Crippen LogP contribution in [0, 0.1) is 0 Å². The lowest BCUT2D eigenvalue weighted by atomic mass is 10.0. The van der Waals surface area contributed by atoms with Gasteiger partial charge in [0.05, 0.1) is 11.7 Å². The highest BCUT2D eigenvalue weighted by Gasteiger charge is 2.20. The molecule has 1 saturated heterocycles. The first kappa shape index (κ1) is 20.4. The van der Waals surface area contributed by atoms with Crippen molar-refractivity contribution in [1.82, 2.24) is 19.4 Å². The van der Waals surface area contributed by atoms with Gasteiger partial charge in [0.2, 0.25) is 0 Å². The molecule has 1 aromatic heterocycles. The number of carbonyl (C=O) groups is 1. The smallest absolute Gasteiger partial charge is 0.251 e. The molecular formula is C24H29N5OS. The van der Waals surface area contributed by atoms with Gasteiger partial charge in [-0.25, -0.2) is 0 Å². The van der Waals surface area contributed by atoms with Crippen LogP contribution < -0.4 is 15.5 Å². The summed E-state index contributed by atoms with van der Waals surface area (Å²) in [6.07, 6.45) is 6.92. The van der Waals surface area contributed by atoms with E-state index in [1.54, 1.807) is 0 Å². The molecule has 2 heterocycles. The molecule has 31 heavy (non-hydrogen) atoms. The summed E-state index contributed by atoms with van der Waals surface area (Å²) in [4.78, 5) is 14.9. The van der Waals surface area contributed by atoms with Crippen molar-refractivity contribution in [2.24, 2.45) is 0 Å². The molecule has 0 atom stereocenters. The molecule has 162 valence electrons. The monoisotopic (exact) mass is 435 g/mol. The molecular weight excluding hydrogens is 406 g/mol. The number of aromatic nitrogens is 2. The molecule has 5 rings (SSSR count). The van der Waals surface area contributed by atoms with Crippen LogP contribution in [0.25, 0.3) is 11.0 Å². The predicted octanol–water partition coefficient (Wildman–Crippen LogP) is 4.12. The Hall–Kier alpha value is -2.51. The Morgan fingerprint density at radius 3 is 2.45 bits per heavy atom. The number of fused-ring (bicyclic) bond motifs is 1. The second-order valence-electron chi connectivity index (χ2n) is 8.73. The van der Waals surface area contributed by atoms with Gasteiger partial charge < -0.3 is 15.5 Å². The fraction of sp³-hybridized carbons (Fsp3) is 0.458. The van der Waals surface area contributed by atoms with Crippen molar-refractivity contribution in [1.29, 1.82) is 0 Å². The maximum Gasteiger partial charge on any atom is 0.251 e. The van der Waals surface area contributed by atoms with E-state index in [1.165, 1.54) is 35.8 Å². The van der Waals surface area contributed by atoms with Crippen molar-refractivity contribution in [2.75, 3.05) is 18.0 Å². The third-order valence-corrected chi connectivity index (χ3v) is 7.15. The van der Waals surface area contributed by atoms with Gasteiger partial charge in [-0.3, -0.25) is 4.79 Å². The summed E-state index contributed by atoms with van der Waals surface area (Å²) >= 11 is 1.27. The largest absolute Gasteiger partial charge is 0.371 e. The van der Waals surface area contributed by atoms with Crippen LogP contribution in [0.3, 0.4) is 0 Å². The highest BCUT2D eigenvalue weighted by Crippen LogP contribution is 2.22. The Bertz CT molecular complexity index is 1020. The molecule has 0 spiro atoms. The Labute approximate surface area is 187 Å². The zero-order chi connectivity index (χ0) is 21.0. The summed E-state index contributed by atoms with van der Waals surface area (Å²) in [5.74, 6) is 0.0629. The van der Waals surface area contributed by atoms with E-state index in [2.05, 4.69) is 54.6 Å². The zero-order valence-electron chi connectivity index (χ0n) is 17.7. The fourth-order valence-corrected chi connectivity index (χ4v) is 5.22. The number of rotatable bonds is 6. The van der Waals surface area contributed by atoms with Gasteiger partial charge in [0, 0.05) is 43.0 Å². The van der Waals surface area contributed by atoms with E-state index < -0.39 is 0 Å². The summed E-state index contributed by atoms with van der Waals surface area (Å²) in [5.41, 5.74) is 5.19. The van der Waals surface area contributed by atoms with Gasteiger partial charge >= 0.3 is 0 Å². The number of benzene rings is 2. The molecule has 2 aromatic carbocycles. The van der Waals surface area contributed by atoms with E-state index in [0.717, 1.165) is 61.9 Å². The number of hydrogen-bond acceptors (Lipinski definition) is 6. The van der Waals surface area contributed by atoms with Gasteiger partial charge in [-0.1, -0.05) is 18.9 Å². The molecule has 1 saturated carbocycles. The number of piperidine rings is 1.